The molecule has 0 aliphatic carbocycles. The number of nitrogens with zero attached hydrogens (tertiary/aromatic N) is 5. The number of carbonyl (C=O) groups is 1. The molecule has 2 aliphatic heterocycles. The van der Waals surface area contributed by atoms with Crippen LogP contribution in [-0.4, -0.2) is 56.4 Å². The van der Waals surface area contributed by atoms with E-state index >= 15 is 0 Å². The first-order chi connectivity index (χ1) is 12.2. The molecule has 2 aromatic rings. The maximum atomic E-state index is 12.6. The van der Waals surface area contributed by atoms with E-state index in [1.807, 2.05) is 24.3 Å². The average molecular weight is 341 g/mol. The van der Waals surface area contributed by atoms with Gasteiger partial charge in [-0.1, -0.05) is 0 Å². The molecule has 2 aromatic heterocycles. The number of amides is 1. The van der Waals surface area contributed by atoms with Gasteiger partial charge in [-0.15, -0.1) is 0 Å². The molecule has 4 rings (SSSR count). The van der Waals surface area contributed by atoms with E-state index in [1.165, 1.54) is 0 Å². The third kappa shape index (κ3) is 3.16. The summed E-state index contributed by atoms with van der Waals surface area (Å²) in [6.07, 6.45) is 12.8. The first-order valence-electron chi connectivity index (χ1n) is 8.80. The lowest BCUT2D eigenvalue weighted by molar-refractivity contribution is 0.00976. The Kier molecular flexibility index (Phi) is 4.25. The van der Waals surface area contributed by atoms with Crippen LogP contribution in [-0.2, 0) is 18.2 Å². The van der Waals surface area contributed by atoms with Gasteiger partial charge in [-0.05, 0) is 24.8 Å². The third-order valence-corrected chi connectivity index (χ3v) is 5.64. The Bertz CT molecular complexity index is 737. The molecule has 0 unspecified atom stereocenters. The highest BCUT2D eigenvalue weighted by atomic mass is 16.5. The zero-order valence-corrected chi connectivity index (χ0v) is 14.5. The van der Waals surface area contributed by atoms with Gasteiger partial charge < -0.3 is 9.64 Å². The van der Waals surface area contributed by atoms with Crippen molar-refractivity contribution in [3.63, 3.8) is 0 Å². The normalized spacial score (nSPS) is 22.4. The minimum Gasteiger partial charge on any atom is -0.377 e. The monoisotopic (exact) mass is 341 g/mol. The molecule has 0 saturated carbocycles. The van der Waals surface area contributed by atoms with Crippen LogP contribution >= 0.6 is 0 Å². The van der Waals surface area contributed by atoms with Crippen molar-refractivity contribution in [1.29, 1.82) is 0 Å². The van der Waals surface area contributed by atoms with Gasteiger partial charge in [0.25, 0.3) is 5.91 Å². The molecule has 0 bridgehead atoms. The maximum absolute atomic E-state index is 12.6. The molecule has 4 heterocycles. The Morgan fingerprint density at radius 3 is 2.68 bits per heavy atom. The number of aromatic nitrogens is 4. The van der Waals surface area contributed by atoms with Crippen molar-refractivity contribution in [2.24, 2.45) is 12.5 Å². The van der Waals surface area contributed by atoms with Gasteiger partial charge in [-0.2, -0.15) is 5.10 Å². The summed E-state index contributed by atoms with van der Waals surface area (Å²) in [5.74, 6) is 0.0786. The Hall–Kier alpha value is -2.28. The van der Waals surface area contributed by atoms with Crippen molar-refractivity contribution in [3.05, 3.63) is 42.2 Å². The van der Waals surface area contributed by atoms with Crippen LogP contribution in [0.4, 0.5) is 0 Å². The SMILES string of the molecule is Cn1cc(C(=O)N2CCC3(CCO[C@H]3Cc3cncnc3)CC2)cn1. The second-order valence-electron chi connectivity index (χ2n) is 7.12. The molecule has 7 nitrogen and oxygen atoms in total. The summed E-state index contributed by atoms with van der Waals surface area (Å²) >= 11 is 0. The summed E-state index contributed by atoms with van der Waals surface area (Å²) in [6.45, 7) is 2.35. The molecule has 2 saturated heterocycles. The van der Waals surface area contributed by atoms with Crippen molar-refractivity contribution in [3.8, 4) is 0 Å². The molecule has 2 aliphatic rings. The molecular weight excluding hydrogens is 318 g/mol. The quantitative estimate of drug-likeness (QED) is 0.845. The summed E-state index contributed by atoms with van der Waals surface area (Å²) < 4.78 is 7.73. The van der Waals surface area contributed by atoms with Gasteiger partial charge in [0.2, 0.25) is 0 Å². The second-order valence-corrected chi connectivity index (χ2v) is 7.12. The van der Waals surface area contributed by atoms with Crippen LogP contribution in [0.1, 0.15) is 35.2 Å². The lowest BCUT2D eigenvalue weighted by Gasteiger charge is -2.42. The Morgan fingerprint density at radius 2 is 2.00 bits per heavy atom. The first-order valence-corrected chi connectivity index (χ1v) is 8.80. The number of aryl methyl sites for hydroxylation is 1. The minimum atomic E-state index is 0.0786. The molecule has 2 fully saturated rings. The molecule has 132 valence electrons. The van der Waals surface area contributed by atoms with E-state index in [9.17, 15) is 4.79 Å². The number of rotatable bonds is 3. The van der Waals surface area contributed by atoms with Gasteiger partial charge in [-0.25, -0.2) is 9.97 Å². The molecule has 0 aromatic carbocycles. The van der Waals surface area contributed by atoms with Crippen molar-refractivity contribution in [1.82, 2.24) is 24.6 Å². The van der Waals surface area contributed by atoms with E-state index in [1.54, 1.807) is 23.4 Å². The van der Waals surface area contributed by atoms with Gasteiger partial charge in [0, 0.05) is 57.2 Å². The lowest BCUT2D eigenvalue weighted by Crippen LogP contribution is -2.46. The van der Waals surface area contributed by atoms with Crippen LogP contribution in [0.3, 0.4) is 0 Å². The number of carbonyl (C=O) groups excluding carboxylic acids is 1. The van der Waals surface area contributed by atoms with E-state index in [0.717, 1.165) is 50.9 Å². The Balaban J connectivity index is 1.42. The topological polar surface area (TPSA) is 73.1 Å². The third-order valence-electron chi connectivity index (χ3n) is 5.64. The summed E-state index contributed by atoms with van der Waals surface area (Å²) in [5.41, 5.74) is 1.95. The van der Waals surface area contributed by atoms with Crippen molar-refractivity contribution in [2.75, 3.05) is 19.7 Å². The highest BCUT2D eigenvalue weighted by Crippen LogP contribution is 2.45. The minimum absolute atomic E-state index is 0.0786. The molecule has 0 N–H and O–H groups in total. The number of hydrogen-bond donors (Lipinski definition) is 0. The molecule has 25 heavy (non-hydrogen) atoms. The summed E-state index contributed by atoms with van der Waals surface area (Å²) in [4.78, 5) is 22.8. The van der Waals surface area contributed by atoms with E-state index in [0.29, 0.717) is 5.56 Å². The van der Waals surface area contributed by atoms with Crippen LogP contribution in [0.5, 0.6) is 0 Å². The zero-order valence-electron chi connectivity index (χ0n) is 14.5. The highest BCUT2D eigenvalue weighted by molar-refractivity contribution is 5.93. The predicted molar refractivity (Wildman–Crippen MR) is 90.9 cm³/mol. The fourth-order valence-corrected chi connectivity index (χ4v) is 4.11. The van der Waals surface area contributed by atoms with Crippen LogP contribution in [0.15, 0.2) is 31.1 Å². The van der Waals surface area contributed by atoms with E-state index in [-0.39, 0.29) is 17.4 Å². The molecule has 0 radical (unpaired) electrons. The van der Waals surface area contributed by atoms with Crippen LogP contribution in [0.25, 0.3) is 0 Å². The van der Waals surface area contributed by atoms with Crippen molar-refractivity contribution < 1.29 is 9.53 Å². The van der Waals surface area contributed by atoms with E-state index in [2.05, 4.69) is 15.1 Å². The fraction of sp³-hybridized carbons (Fsp3) is 0.556. The smallest absolute Gasteiger partial charge is 0.257 e. The number of likely N-dealkylation sites (tertiary alicyclic amines) is 1. The summed E-state index contributed by atoms with van der Waals surface area (Å²) in [6, 6.07) is 0. The zero-order chi connectivity index (χ0) is 17.3. The lowest BCUT2D eigenvalue weighted by atomic mass is 9.71. The van der Waals surface area contributed by atoms with Crippen LogP contribution in [0, 0.1) is 5.41 Å². The molecule has 1 amide bonds. The van der Waals surface area contributed by atoms with Gasteiger partial charge in [0.05, 0.1) is 17.9 Å². The van der Waals surface area contributed by atoms with Gasteiger partial charge in [0.1, 0.15) is 6.33 Å². The summed E-state index contributed by atoms with van der Waals surface area (Å²) in [5, 5.41) is 4.10. The largest absolute Gasteiger partial charge is 0.377 e. The first kappa shape index (κ1) is 16.2. The maximum Gasteiger partial charge on any atom is 0.257 e. The van der Waals surface area contributed by atoms with Crippen molar-refractivity contribution >= 4 is 5.91 Å². The van der Waals surface area contributed by atoms with E-state index in [4.69, 9.17) is 4.74 Å². The fourth-order valence-electron chi connectivity index (χ4n) is 4.11. The van der Waals surface area contributed by atoms with Gasteiger partial charge in [-0.3, -0.25) is 9.48 Å². The van der Waals surface area contributed by atoms with Crippen molar-refractivity contribution in [2.45, 2.75) is 31.8 Å². The average Bonchev–Trinajstić information content (AvgIpc) is 3.23. The van der Waals surface area contributed by atoms with Crippen LogP contribution in [0.2, 0.25) is 0 Å². The standard InChI is InChI=1S/C18H23N5O2/c1-22-12-15(11-21-22)17(24)23-5-2-18(3-6-23)4-7-25-16(18)8-14-9-19-13-20-10-14/h9-13,16H,2-8H2,1H3/t16-/m0/s1. The van der Waals surface area contributed by atoms with E-state index < -0.39 is 0 Å². The summed E-state index contributed by atoms with van der Waals surface area (Å²) in [7, 11) is 1.83. The molecule has 1 atom stereocenters. The molecule has 7 heteroatoms. The Labute approximate surface area is 147 Å². The predicted octanol–water partition coefficient (Wildman–Crippen LogP) is 1.46. The Morgan fingerprint density at radius 1 is 1.24 bits per heavy atom. The number of hydrogen-bond acceptors (Lipinski definition) is 5. The number of piperidine rings is 1. The van der Waals surface area contributed by atoms with Gasteiger partial charge >= 0.3 is 0 Å². The molecular formula is C18H23N5O2. The van der Waals surface area contributed by atoms with Gasteiger partial charge in [0.15, 0.2) is 0 Å². The molecule has 1 spiro atoms. The number of ether oxygens (including phenoxy) is 1. The second kappa shape index (κ2) is 6.55. The van der Waals surface area contributed by atoms with Crippen LogP contribution < -0.4 is 0 Å². The highest BCUT2D eigenvalue weighted by Gasteiger charge is 2.46.